The van der Waals surface area contributed by atoms with E-state index in [0.717, 1.165) is 5.71 Å². The number of hydrazone groups is 1. The largest absolute Gasteiger partial charge is 0.332 e. The summed E-state index contributed by atoms with van der Waals surface area (Å²) < 4.78 is 4.44. The maximum absolute atomic E-state index is 12.9. The lowest BCUT2D eigenvalue weighted by molar-refractivity contribution is 0.634. The van der Waals surface area contributed by atoms with Crippen LogP contribution in [-0.2, 0) is 13.6 Å². The summed E-state index contributed by atoms with van der Waals surface area (Å²) >= 11 is 0. The molecule has 3 heterocycles. The SMILES string of the molecule is C=CCn1c(=O)c2c(nc3n2[C@@H](C)C(C)=NN3CC)n(C)c1=O. The number of aryl methyl sites for hydroxylation is 1. The van der Waals surface area contributed by atoms with Crippen molar-refractivity contribution in [2.45, 2.75) is 33.4 Å². The monoisotopic (exact) mass is 316 g/mol. The molecule has 1 aliphatic rings. The fourth-order valence-corrected chi connectivity index (χ4v) is 2.88. The number of anilines is 1. The second kappa shape index (κ2) is 5.22. The number of aromatic nitrogens is 4. The molecule has 8 nitrogen and oxygen atoms in total. The summed E-state index contributed by atoms with van der Waals surface area (Å²) in [5.74, 6) is 0.587. The highest BCUT2D eigenvalue weighted by Gasteiger charge is 2.29. The van der Waals surface area contributed by atoms with Crippen LogP contribution in [0.25, 0.3) is 11.2 Å². The Morgan fingerprint density at radius 2 is 2.04 bits per heavy atom. The lowest BCUT2D eigenvalue weighted by Gasteiger charge is -2.28. The van der Waals surface area contributed by atoms with E-state index in [4.69, 9.17) is 0 Å². The molecule has 0 aromatic carbocycles. The van der Waals surface area contributed by atoms with Gasteiger partial charge in [-0.15, -0.1) is 6.58 Å². The topological polar surface area (TPSA) is 77.4 Å². The summed E-state index contributed by atoms with van der Waals surface area (Å²) in [6, 6.07) is -0.0971. The lowest BCUT2D eigenvalue weighted by atomic mass is 10.2. The van der Waals surface area contributed by atoms with Crippen LogP contribution in [0, 0.1) is 0 Å². The van der Waals surface area contributed by atoms with Crippen molar-refractivity contribution in [3.05, 3.63) is 33.5 Å². The summed E-state index contributed by atoms with van der Waals surface area (Å²) in [6.07, 6.45) is 1.54. The molecule has 0 spiro atoms. The third kappa shape index (κ3) is 1.97. The molecule has 8 heteroatoms. The van der Waals surface area contributed by atoms with Crippen LogP contribution < -0.4 is 16.3 Å². The predicted molar refractivity (Wildman–Crippen MR) is 90.3 cm³/mol. The first-order chi connectivity index (χ1) is 10.9. The van der Waals surface area contributed by atoms with Crippen molar-refractivity contribution in [3.8, 4) is 0 Å². The Morgan fingerprint density at radius 1 is 1.35 bits per heavy atom. The smallest absolute Gasteiger partial charge is 0.294 e. The molecule has 1 atom stereocenters. The van der Waals surface area contributed by atoms with Crippen LogP contribution >= 0.6 is 0 Å². The van der Waals surface area contributed by atoms with Gasteiger partial charge in [-0.05, 0) is 20.8 Å². The van der Waals surface area contributed by atoms with Crippen LogP contribution in [0.4, 0.5) is 5.95 Å². The molecule has 0 radical (unpaired) electrons. The van der Waals surface area contributed by atoms with Gasteiger partial charge >= 0.3 is 5.69 Å². The van der Waals surface area contributed by atoms with Crippen molar-refractivity contribution < 1.29 is 0 Å². The van der Waals surface area contributed by atoms with Crippen LogP contribution in [0.15, 0.2) is 27.3 Å². The van der Waals surface area contributed by atoms with Crippen LogP contribution in [0.2, 0.25) is 0 Å². The minimum atomic E-state index is -0.397. The molecule has 0 bridgehead atoms. The van der Waals surface area contributed by atoms with Gasteiger partial charge in [0, 0.05) is 20.1 Å². The van der Waals surface area contributed by atoms with Gasteiger partial charge in [-0.1, -0.05) is 6.08 Å². The Balaban J connectivity index is 2.48. The van der Waals surface area contributed by atoms with Crippen LogP contribution in [0.1, 0.15) is 26.8 Å². The summed E-state index contributed by atoms with van der Waals surface area (Å²) in [4.78, 5) is 29.8. The minimum Gasteiger partial charge on any atom is -0.294 e. The maximum Gasteiger partial charge on any atom is 0.332 e. The van der Waals surface area contributed by atoms with Crippen molar-refractivity contribution in [1.82, 2.24) is 18.7 Å². The fourth-order valence-electron chi connectivity index (χ4n) is 2.88. The Morgan fingerprint density at radius 3 is 2.65 bits per heavy atom. The minimum absolute atomic E-state index is 0.0971. The average molecular weight is 316 g/mol. The van der Waals surface area contributed by atoms with E-state index in [2.05, 4.69) is 16.7 Å². The van der Waals surface area contributed by atoms with Gasteiger partial charge in [0.15, 0.2) is 11.2 Å². The third-order valence-electron chi connectivity index (χ3n) is 4.27. The molecule has 0 aliphatic carbocycles. The first-order valence-corrected chi connectivity index (χ1v) is 7.57. The maximum atomic E-state index is 12.9. The molecule has 0 amide bonds. The fraction of sp³-hybridized carbons (Fsp3) is 0.467. The van der Waals surface area contributed by atoms with E-state index in [1.807, 2.05) is 25.3 Å². The number of hydrogen-bond acceptors (Lipinski definition) is 5. The number of fused-ring (bicyclic) bond motifs is 3. The molecule has 0 saturated carbocycles. The number of nitrogens with zero attached hydrogens (tertiary/aromatic N) is 6. The quantitative estimate of drug-likeness (QED) is 0.787. The van der Waals surface area contributed by atoms with E-state index in [1.165, 1.54) is 15.2 Å². The first kappa shape index (κ1) is 15.3. The molecule has 1 aliphatic heterocycles. The molecule has 0 fully saturated rings. The van der Waals surface area contributed by atoms with Gasteiger partial charge < -0.3 is 0 Å². The van der Waals surface area contributed by atoms with Crippen LogP contribution in [-0.4, -0.2) is 30.9 Å². The van der Waals surface area contributed by atoms with Gasteiger partial charge in [0.1, 0.15) is 0 Å². The van der Waals surface area contributed by atoms with E-state index in [1.54, 1.807) is 12.1 Å². The van der Waals surface area contributed by atoms with Crippen molar-refractivity contribution in [2.24, 2.45) is 12.1 Å². The van der Waals surface area contributed by atoms with E-state index in [0.29, 0.717) is 23.7 Å². The second-order valence-electron chi connectivity index (χ2n) is 5.63. The van der Waals surface area contributed by atoms with Gasteiger partial charge in [0.25, 0.3) is 5.56 Å². The summed E-state index contributed by atoms with van der Waals surface area (Å²) in [5.41, 5.74) is 0.947. The summed E-state index contributed by atoms with van der Waals surface area (Å²) in [6.45, 7) is 10.3. The zero-order valence-corrected chi connectivity index (χ0v) is 13.8. The molecule has 23 heavy (non-hydrogen) atoms. The van der Waals surface area contributed by atoms with Crippen molar-refractivity contribution in [3.63, 3.8) is 0 Å². The van der Waals surface area contributed by atoms with Gasteiger partial charge in [-0.3, -0.25) is 18.5 Å². The Kier molecular flexibility index (Phi) is 3.46. The van der Waals surface area contributed by atoms with E-state index in [9.17, 15) is 9.59 Å². The Bertz CT molecular complexity index is 945. The molecule has 0 saturated heterocycles. The zero-order chi connectivity index (χ0) is 16.9. The molecule has 2 aromatic heterocycles. The van der Waals surface area contributed by atoms with E-state index < -0.39 is 5.69 Å². The van der Waals surface area contributed by atoms with Crippen LogP contribution in [0.3, 0.4) is 0 Å². The predicted octanol–water partition coefficient (Wildman–Crippen LogP) is 0.859. The molecule has 0 unspecified atom stereocenters. The van der Waals surface area contributed by atoms with E-state index >= 15 is 0 Å². The van der Waals surface area contributed by atoms with Crippen LogP contribution in [0.5, 0.6) is 0 Å². The molecular weight excluding hydrogens is 296 g/mol. The highest BCUT2D eigenvalue weighted by molar-refractivity contribution is 5.90. The molecule has 122 valence electrons. The van der Waals surface area contributed by atoms with Gasteiger partial charge in [0.05, 0.1) is 11.8 Å². The molecular formula is C15H20N6O2. The lowest BCUT2D eigenvalue weighted by Crippen LogP contribution is -2.40. The van der Waals surface area contributed by atoms with Crippen molar-refractivity contribution in [2.75, 3.05) is 11.6 Å². The average Bonchev–Trinajstić information content (AvgIpc) is 2.94. The summed E-state index contributed by atoms with van der Waals surface area (Å²) in [7, 11) is 1.62. The highest BCUT2D eigenvalue weighted by atomic mass is 16.2. The summed E-state index contributed by atoms with van der Waals surface area (Å²) in [5, 5.41) is 6.26. The van der Waals surface area contributed by atoms with Gasteiger partial charge in [0.2, 0.25) is 5.95 Å². The first-order valence-electron chi connectivity index (χ1n) is 7.57. The van der Waals surface area contributed by atoms with Gasteiger partial charge in [-0.25, -0.2) is 9.80 Å². The normalized spacial score (nSPS) is 17.3. The number of imidazole rings is 1. The van der Waals surface area contributed by atoms with Gasteiger partial charge in [-0.2, -0.15) is 10.1 Å². The molecule has 2 aromatic rings. The second-order valence-corrected chi connectivity index (χ2v) is 5.63. The van der Waals surface area contributed by atoms with Crippen molar-refractivity contribution in [1.29, 1.82) is 0 Å². The van der Waals surface area contributed by atoms with E-state index in [-0.39, 0.29) is 18.1 Å². The number of rotatable bonds is 3. The number of allylic oxidation sites excluding steroid dienone is 1. The highest BCUT2D eigenvalue weighted by Crippen LogP contribution is 2.29. The zero-order valence-electron chi connectivity index (χ0n) is 13.8. The molecule has 3 rings (SSSR count). The Labute approximate surface area is 133 Å². The van der Waals surface area contributed by atoms with Crippen molar-refractivity contribution >= 4 is 22.8 Å². The number of hydrogen-bond donors (Lipinski definition) is 0. The Hall–Kier alpha value is -2.64. The molecule has 0 N–H and O–H groups in total. The standard InChI is InChI=1S/C15H20N6O2/c1-6-8-19-13(22)11-12(18(5)15(19)23)16-14-20(7-2)17-9(3)10(4)21(11)14/h6,10H,1,7-8H2,2-5H3/t10-/m0/s1. The third-order valence-corrected chi connectivity index (χ3v) is 4.27.